The van der Waals surface area contributed by atoms with Crippen molar-refractivity contribution in [3.63, 3.8) is 0 Å². The van der Waals surface area contributed by atoms with Crippen LogP contribution in [0.25, 0.3) is 11.0 Å². The first kappa shape index (κ1) is 16.6. The van der Waals surface area contributed by atoms with Gasteiger partial charge < -0.3 is 14.2 Å². The SMILES string of the molecule is COc1ccccc1C(=O)N1CCN(Cc2noc3ccccc23)CC1. The van der Waals surface area contributed by atoms with Crippen molar-refractivity contribution in [3.8, 4) is 5.75 Å². The largest absolute Gasteiger partial charge is 0.496 e. The van der Waals surface area contributed by atoms with Crippen LogP contribution in [0.3, 0.4) is 0 Å². The van der Waals surface area contributed by atoms with E-state index in [1.807, 2.05) is 53.4 Å². The molecule has 0 radical (unpaired) electrons. The molecule has 1 aromatic heterocycles. The van der Waals surface area contributed by atoms with Gasteiger partial charge in [0.05, 0.1) is 12.7 Å². The topological polar surface area (TPSA) is 58.8 Å². The van der Waals surface area contributed by atoms with Crippen molar-refractivity contribution in [2.24, 2.45) is 0 Å². The number of aromatic nitrogens is 1. The van der Waals surface area contributed by atoms with Crippen molar-refractivity contribution in [2.75, 3.05) is 33.3 Å². The minimum absolute atomic E-state index is 0.0222. The van der Waals surface area contributed by atoms with Crippen LogP contribution in [0, 0.1) is 0 Å². The van der Waals surface area contributed by atoms with E-state index in [9.17, 15) is 4.79 Å². The van der Waals surface area contributed by atoms with E-state index in [-0.39, 0.29) is 5.91 Å². The Hall–Kier alpha value is -2.86. The molecule has 1 saturated heterocycles. The second kappa shape index (κ2) is 7.17. The van der Waals surface area contributed by atoms with Gasteiger partial charge in [-0.2, -0.15) is 0 Å². The molecule has 1 amide bonds. The molecule has 1 fully saturated rings. The van der Waals surface area contributed by atoms with Crippen molar-refractivity contribution in [3.05, 3.63) is 59.8 Å². The number of amides is 1. The highest BCUT2D eigenvalue weighted by Crippen LogP contribution is 2.22. The molecular formula is C20H21N3O3. The van der Waals surface area contributed by atoms with Gasteiger partial charge in [-0.3, -0.25) is 9.69 Å². The predicted molar refractivity (Wildman–Crippen MR) is 98.2 cm³/mol. The Morgan fingerprint density at radius 3 is 2.62 bits per heavy atom. The Morgan fingerprint density at radius 1 is 1.08 bits per heavy atom. The fourth-order valence-electron chi connectivity index (χ4n) is 3.36. The Labute approximate surface area is 151 Å². The third-order valence-corrected chi connectivity index (χ3v) is 4.82. The standard InChI is InChI=1S/C20H21N3O3/c1-25-18-8-4-3-7-16(18)20(24)23-12-10-22(11-13-23)14-17-15-6-2-5-9-19(15)26-21-17/h2-9H,10-14H2,1H3. The average molecular weight is 351 g/mol. The number of carbonyl (C=O) groups is 1. The van der Waals surface area contributed by atoms with E-state index in [1.54, 1.807) is 7.11 Å². The molecule has 2 heterocycles. The summed E-state index contributed by atoms with van der Waals surface area (Å²) < 4.78 is 10.7. The van der Waals surface area contributed by atoms with Crippen LogP contribution >= 0.6 is 0 Å². The molecule has 1 aliphatic rings. The van der Waals surface area contributed by atoms with Crippen molar-refractivity contribution >= 4 is 16.9 Å². The Balaban J connectivity index is 1.40. The molecule has 0 spiro atoms. The molecule has 26 heavy (non-hydrogen) atoms. The van der Waals surface area contributed by atoms with E-state index in [2.05, 4.69) is 10.1 Å². The highest BCUT2D eigenvalue weighted by atomic mass is 16.5. The molecule has 0 N–H and O–H groups in total. The highest BCUT2D eigenvalue weighted by Gasteiger charge is 2.25. The normalized spacial score (nSPS) is 15.3. The number of benzene rings is 2. The van der Waals surface area contributed by atoms with Gasteiger partial charge in [-0.15, -0.1) is 0 Å². The summed E-state index contributed by atoms with van der Waals surface area (Å²) in [7, 11) is 1.59. The monoisotopic (exact) mass is 351 g/mol. The van der Waals surface area contributed by atoms with Crippen LogP contribution < -0.4 is 4.74 Å². The number of ether oxygens (including phenoxy) is 1. The van der Waals surface area contributed by atoms with E-state index >= 15 is 0 Å². The summed E-state index contributed by atoms with van der Waals surface area (Å²) >= 11 is 0. The number of hydrogen-bond acceptors (Lipinski definition) is 5. The molecule has 0 atom stereocenters. The average Bonchev–Trinajstić information content (AvgIpc) is 3.11. The van der Waals surface area contributed by atoms with Gasteiger partial charge in [0.25, 0.3) is 5.91 Å². The first-order valence-electron chi connectivity index (χ1n) is 8.74. The molecule has 6 heteroatoms. The second-order valence-corrected chi connectivity index (χ2v) is 6.39. The maximum atomic E-state index is 12.8. The Morgan fingerprint density at radius 2 is 1.81 bits per heavy atom. The maximum absolute atomic E-state index is 12.8. The zero-order chi connectivity index (χ0) is 17.9. The maximum Gasteiger partial charge on any atom is 0.257 e. The summed E-state index contributed by atoms with van der Waals surface area (Å²) in [5.41, 5.74) is 2.38. The number of fused-ring (bicyclic) bond motifs is 1. The summed E-state index contributed by atoms with van der Waals surface area (Å²) in [6, 6.07) is 15.3. The number of hydrogen-bond donors (Lipinski definition) is 0. The smallest absolute Gasteiger partial charge is 0.257 e. The van der Waals surface area contributed by atoms with Crippen molar-refractivity contribution in [1.82, 2.24) is 15.0 Å². The first-order chi connectivity index (χ1) is 12.8. The lowest BCUT2D eigenvalue weighted by atomic mass is 10.1. The van der Waals surface area contributed by atoms with Gasteiger partial charge in [-0.1, -0.05) is 29.4 Å². The van der Waals surface area contributed by atoms with E-state index in [4.69, 9.17) is 9.26 Å². The molecular weight excluding hydrogens is 330 g/mol. The van der Waals surface area contributed by atoms with E-state index in [0.717, 1.165) is 36.3 Å². The molecule has 0 unspecified atom stereocenters. The zero-order valence-electron chi connectivity index (χ0n) is 14.7. The summed E-state index contributed by atoms with van der Waals surface area (Å²) in [5, 5.41) is 5.26. The second-order valence-electron chi connectivity index (χ2n) is 6.39. The predicted octanol–water partition coefficient (Wildman–Crippen LogP) is 2.79. The van der Waals surface area contributed by atoms with Crippen LogP contribution in [0.1, 0.15) is 16.1 Å². The Bertz CT molecular complexity index is 913. The summed E-state index contributed by atoms with van der Waals surface area (Å²) in [6.45, 7) is 3.72. The van der Waals surface area contributed by atoms with Gasteiger partial charge in [0, 0.05) is 38.1 Å². The number of carbonyl (C=O) groups excluding carboxylic acids is 1. The molecule has 0 saturated carbocycles. The van der Waals surface area contributed by atoms with Gasteiger partial charge >= 0.3 is 0 Å². The molecule has 0 bridgehead atoms. The molecule has 4 rings (SSSR count). The van der Waals surface area contributed by atoms with Crippen LogP contribution in [-0.4, -0.2) is 54.2 Å². The van der Waals surface area contributed by atoms with Crippen LogP contribution in [0.4, 0.5) is 0 Å². The number of para-hydroxylation sites is 2. The van der Waals surface area contributed by atoms with E-state index in [1.165, 1.54) is 0 Å². The fourth-order valence-corrected chi connectivity index (χ4v) is 3.36. The molecule has 2 aromatic carbocycles. The van der Waals surface area contributed by atoms with Crippen molar-refractivity contribution in [1.29, 1.82) is 0 Å². The number of methoxy groups -OCH3 is 1. The van der Waals surface area contributed by atoms with Gasteiger partial charge in [-0.05, 0) is 24.3 Å². The van der Waals surface area contributed by atoms with E-state index in [0.29, 0.717) is 24.4 Å². The zero-order valence-corrected chi connectivity index (χ0v) is 14.7. The van der Waals surface area contributed by atoms with Crippen LogP contribution in [0.15, 0.2) is 53.1 Å². The number of nitrogens with zero attached hydrogens (tertiary/aromatic N) is 3. The van der Waals surface area contributed by atoms with Crippen molar-refractivity contribution < 1.29 is 14.1 Å². The molecule has 134 valence electrons. The number of rotatable bonds is 4. The quantitative estimate of drug-likeness (QED) is 0.723. The molecule has 6 nitrogen and oxygen atoms in total. The molecule has 1 aliphatic heterocycles. The fraction of sp³-hybridized carbons (Fsp3) is 0.300. The lowest BCUT2D eigenvalue weighted by Crippen LogP contribution is -2.48. The lowest BCUT2D eigenvalue weighted by molar-refractivity contribution is 0.0623. The van der Waals surface area contributed by atoms with Gasteiger partial charge in [0.15, 0.2) is 5.58 Å². The summed E-state index contributed by atoms with van der Waals surface area (Å²) in [4.78, 5) is 17.0. The summed E-state index contributed by atoms with van der Waals surface area (Å²) in [5.74, 6) is 0.642. The third kappa shape index (κ3) is 3.15. The van der Waals surface area contributed by atoms with Gasteiger partial charge in [0.2, 0.25) is 0 Å². The third-order valence-electron chi connectivity index (χ3n) is 4.82. The molecule has 0 aliphatic carbocycles. The molecule has 3 aromatic rings. The lowest BCUT2D eigenvalue weighted by Gasteiger charge is -2.34. The number of piperazine rings is 1. The van der Waals surface area contributed by atoms with Crippen LogP contribution in [-0.2, 0) is 6.54 Å². The van der Waals surface area contributed by atoms with Gasteiger partial charge in [0.1, 0.15) is 11.4 Å². The Kier molecular flexibility index (Phi) is 4.58. The summed E-state index contributed by atoms with van der Waals surface area (Å²) in [6.07, 6.45) is 0. The minimum atomic E-state index is 0.0222. The highest BCUT2D eigenvalue weighted by molar-refractivity contribution is 5.97. The minimum Gasteiger partial charge on any atom is -0.496 e. The first-order valence-corrected chi connectivity index (χ1v) is 8.74. The van der Waals surface area contributed by atoms with Crippen LogP contribution in [0.2, 0.25) is 0 Å². The van der Waals surface area contributed by atoms with Crippen molar-refractivity contribution in [2.45, 2.75) is 6.54 Å². The van der Waals surface area contributed by atoms with E-state index < -0.39 is 0 Å². The van der Waals surface area contributed by atoms with Gasteiger partial charge in [-0.25, -0.2) is 0 Å². The van der Waals surface area contributed by atoms with Crippen LogP contribution in [0.5, 0.6) is 5.75 Å².